The van der Waals surface area contributed by atoms with Crippen LogP contribution in [0, 0.1) is 0 Å². The first-order valence-electron chi connectivity index (χ1n) is 6.38. The fraction of sp³-hybridized carbons (Fsp3) is 0.333. The van der Waals surface area contributed by atoms with E-state index >= 15 is 0 Å². The molecule has 3 rings (SSSR count). The molecule has 0 radical (unpaired) electrons. The van der Waals surface area contributed by atoms with Gasteiger partial charge in [0, 0.05) is 11.5 Å². The SMILES string of the molecule is NNC(Cc1ccsc1)C1(c2ccccc2)CC1. The summed E-state index contributed by atoms with van der Waals surface area (Å²) in [6, 6.07) is 13.3. The lowest BCUT2D eigenvalue weighted by Crippen LogP contribution is -2.45. The van der Waals surface area contributed by atoms with Gasteiger partial charge in [-0.3, -0.25) is 11.3 Å². The molecular weight excluding hydrogens is 240 g/mol. The van der Waals surface area contributed by atoms with Crippen LogP contribution in [0.15, 0.2) is 47.2 Å². The molecule has 18 heavy (non-hydrogen) atoms. The predicted molar refractivity (Wildman–Crippen MR) is 76.5 cm³/mol. The van der Waals surface area contributed by atoms with Gasteiger partial charge in [0.05, 0.1) is 0 Å². The minimum Gasteiger partial charge on any atom is -0.271 e. The third-order valence-electron chi connectivity index (χ3n) is 4.03. The molecule has 1 heterocycles. The van der Waals surface area contributed by atoms with Crippen LogP contribution in [0.2, 0.25) is 0 Å². The average molecular weight is 258 g/mol. The van der Waals surface area contributed by atoms with Gasteiger partial charge < -0.3 is 0 Å². The first-order valence-corrected chi connectivity index (χ1v) is 7.32. The van der Waals surface area contributed by atoms with Crippen molar-refractivity contribution in [2.75, 3.05) is 0 Å². The van der Waals surface area contributed by atoms with Crippen molar-refractivity contribution in [1.29, 1.82) is 0 Å². The zero-order valence-corrected chi connectivity index (χ0v) is 11.1. The second kappa shape index (κ2) is 4.84. The van der Waals surface area contributed by atoms with Crippen molar-refractivity contribution in [2.45, 2.75) is 30.7 Å². The summed E-state index contributed by atoms with van der Waals surface area (Å²) < 4.78 is 0. The number of rotatable bonds is 5. The predicted octanol–water partition coefficient (Wildman–Crippen LogP) is 2.85. The highest BCUT2D eigenvalue weighted by atomic mass is 32.1. The van der Waals surface area contributed by atoms with Gasteiger partial charge in [-0.15, -0.1) is 0 Å². The molecule has 0 spiro atoms. The van der Waals surface area contributed by atoms with Gasteiger partial charge in [0.1, 0.15) is 0 Å². The molecule has 0 saturated heterocycles. The molecule has 1 fully saturated rings. The first-order chi connectivity index (χ1) is 8.85. The molecule has 94 valence electrons. The number of thiophene rings is 1. The van der Waals surface area contributed by atoms with Crippen LogP contribution in [0.5, 0.6) is 0 Å². The van der Waals surface area contributed by atoms with Crippen LogP contribution >= 0.6 is 11.3 Å². The molecule has 1 aliphatic carbocycles. The van der Waals surface area contributed by atoms with E-state index in [0.29, 0.717) is 6.04 Å². The summed E-state index contributed by atoms with van der Waals surface area (Å²) in [5, 5.41) is 4.34. The van der Waals surface area contributed by atoms with E-state index < -0.39 is 0 Å². The minimum absolute atomic E-state index is 0.248. The summed E-state index contributed by atoms with van der Waals surface area (Å²) in [6.07, 6.45) is 3.47. The second-order valence-corrected chi connectivity index (χ2v) is 5.86. The number of hydrogen-bond donors (Lipinski definition) is 2. The van der Waals surface area contributed by atoms with Crippen LogP contribution in [-0.2, 0) is 11.8 Å². The summed E-state index contributed by atoms with van der Waals surface area (Å²) in [5.41, 5.74) is 6.09. The molecule has 3 heteroatoms. The van der Waals surface area contributed by atoms with E-state index in [2.05, 4.69) is 52.6 Å². The van der Waals surface area contributed by atoms with Gasteiger partial charge in [-0.1, -0.05) is 30.3 Å². The third kappa shape index (κ3) is 2.09. The molecule has 0 bridgehead atoms. The van der Waals surface area contributed by atoms with Crippen LogP contribution in [0.3, 0.4) is 0 Å². The Balaban J connectivity index is 1.83. The zero-order chi connectivity index (χ0) is 12.4. The largest absolute Gasteiger partial charge is 0.271 e. The van der Waals surface area contributed by atoms with Crippen molar-refractivity contribution in [3.05, 3.63) is 58.3 Å². The fourth-order valence-corrected chi connectivity index (χ4v) is 3.48. The van der Waals surface area contributed by atoms with Crippen molar-refractivity contribution in [3.8, 4) is 0 Å². The fourth-order valence-electron chi connectivity index (χ4n) is 2.80. The second-order valence-electron chi connectivity index (χ2n) is 5.08. The topological polar surface area (TPSA) is 38.0 Å². The van der Waals surface area contributed by atoms with Gasteiger partial charge in [-0.05, 0) is 47.2 Å². The van der Waals surface area contributed by atoms with E-state index in [1.807, 2.05) is 0 Å². The smallest absolute Gasteiger partial charge is 0.0347 e. The number of nitrogens with one attached hydrogen (secondary N) is 1. The van der Waals surface area contributed by atoms with Crippen LogP contribution in [0.25, 0.3) is 0 Å². The maximum Gasteiger partial charge on any atom is 0.0347 e. The Morgan fingerprint density at radius 1 is 1.22 bits per heavy atom. The molecule has 1 saturated carbocycles. The summed E-state index contributed by atoms with van der Waals surface area (Å²) >= 11 is 1.75. The van der Waals surface area contributed by atoms with Crippen molar-refractivity contribution >= 4 is 11.3 Å². The molecule has 1 unspecified atom stereocenters. The van der Waals surface area contributed by atoms with Gasteiger partial charge in [0.15, 0.2) is 0 Å². The molecule has 1 aromatic carbocycles. The van der Waals surface area contributed by atoms with Crippen molar-refractivity contribution < 1.29 is 0 Å². The molecule has 2 nitrogen and oxygen atoms in total. The Hall–Kier alpha value is -1.16. The monoisotopic (exact) mass is 258 g/mol. The van der Waals surface area contributed by atoms with Gasteiger partial charge in [-0.2, -0.15) is 11.3 Å². The molecule has 1 aromatic heterocycles. The van der Waals surface area contributed by atoms with Crippen molar-refractivity contribution in [2.24, 2.45) is 5.84 Å². The number of benzene rings is 1. The molecule has 2 aromatic rings. The summed E-state index contributed by atoms with van der Waals surface area (Å²) in [4.78, 5) is 0. The molecule has 0 aliphatic heterocycles. The average Bonchev–Trinajstić information content (AvgIpc) is 3.07. The Bertz CT molecular complexity index is 488. The van der Waals surface area contributed by atoms with Crippen molar-refractivity contribution in [3.63, 3.8) is 0 Å². The van der Waals surface area contributed by atoms with Gasteiger partial charge in [0.25, 0.3) is 0 Å². The molecule has 1 aliphatic rings. The lowest BCUT2D eigenvalue weighted by atomic mass is 9.85. The summed E-state index contributed by atoms with van der Waals surface area (Å²) in [6.45, 7) is 0. The van der Waals surface area contributed by atoms with E-state index in [4.69, 9.17) is 5.84 Å². The normalized spacial score (nSPS) is 18.5. The van der Waals surface area contributed by atoms with Crippen LogP contribution < -0.4 is 11.3 Å². The highest BCUT2D eigenvalue weighted by molar-refractivity contribution is 7.07. The van der Waals surface area contributed by atoms with E-state index in [1.54, 1.807) is 11.3 Å². The van der Waals surface area contributed by atoms with E-state index in [0.717, 1.165) is 6.42 Å². The molecule has 0 amide bonds. The quantitative estimate of drug-likeness (QED) is 0.639. The van der Waals surface area contributed by atoms with Crippen LogP contribution in [-0.4, -0.2) is 6.04 Å². The minimum atomic E-state index is 0.248. The van der Waals surface area contributed by atoms with E-state index in [9.17, 15) is 0 Å². The maximum absolute atomic E-state index is 5.81. The molecule has 3 N–H and O–H groups in total. The lowest BCUT2D eigenvalue weighted by Gasteiger charge is -2.26. The number of hydrazine groups is 1. The van der Waals surface area contributed by atoms with Crippen LogP contribution in [0.4, 0.5) is 0 Å². The molecular formula is C15H18N2S. The van der Waals surface area contributed by atoms with E-state index in [-0.39, 0.29) is 5.41 Å². The van der Waals surface area contributed by atoms with Crippen LogP contribution in [0.1, 0.15) is 24.0 Å². The van der Waals surface area contributed by atoms with E-state index in [1.165, 1.54) is 24.0 Å². The van der Waals surface area contributed by atoms with Gasteiger partial charge >= 0.3 is 0 Å². The zero-order valence-electron chi connectivity index (χ0n) is 10.3. The van der Waals surface area contributed by atoms with Gasteiger partial charge in [0.2, 0.25) is 0 Å². The summed E-state index contributed by atoms with van der Waals surface area (Å²) in [5.74, 6) is 5.81. The highest BCUT2D eigenvalue weighted by Gasteiger charge is 2.50. The Kier molecular flexibility index (Phi) is 3.20. The third-order valence-corrected chi connectivity index (χ3v) is 4.76. The number of hydrogen-bond acceptors (Lipinski definition) is 3. The summed E-state index contributed by atoms with van der Waals surface area (Å²) in [7, 11) is 0. The maximum atomic E-state index is 5.81. The lowest BCUT2D eigenvalue weighted by molar-refractivity contribution is 0.421. The van der Waals surface area contributed by atoms with Crippen molar-refractivity contribution in [1.82, 2.24) is 5.43 Å². The number of nitrogens with two attached hydrogens (primary N) is 1. The Morgan fingerprint density at radius 2 is 2.00 bits per heavy atom. The van der Waals surface area contributed by atoms with Gasteiger partial charge in [-0.25, -0.2) is 0 Å². The Morgan fingerprint density at radius 3 is 2.56 bits per heavy atom. The molecule has 1 atom stereocenters. The standard InChI is InChI=1S/C15H18N2S/c16-17-14(10-12-6-9-18-11-12)15(7-8-15)13-4-2-1-3-5-13/h1-6,9,11,14,17H,7-8,10,16H2. The highest BCUT2D eigenvalue weighted by Crippen LogP contribution is 2.51. The first kappa shape index (κ1) is 11.9. The Labute approximate surface area is 112 Å².